The summed E-state index contributed by atoms with van der Waals surface area (Å²) in [6, 6.07) is 1.55. The first kappa shape index (κ1) is 16.1. The summed E-state index contributed by atoms with van der Waals surface area (Å²) in [5.74, 6) is 0.145. The summed E-state index contributed by atoms with van der Waals surface area (Å²) < 4.78 is 1.90. The third kappa shape index (κ3) is 4.11. The largest absolute Gasteiger partial charge is 0.301 e. The Morgan fingerprint density at radius 3 is 2.50 bits per heavy atom. The van der Waals surface area contributed by atoms with Crippen LogP contribution < -0.4 is 10.6 Å². The highest BCUT2D eigenvalue weighted by molar-refractivity contribution is 5.93. The van der Waals surface area contributed by atoms with Gasteiger partial charge < -0.3 is 5.32 Å². The molecule has 0 aromatic carbocycles. The van der Waals surface area contributed by atoms with Crippen LogP contribution in [0, 0.1) is 6.92 Å². The van der Waals surface area contributed by atoms with Gasteiger partial charge in [-0.2, -0.15) is 5.10 Å². The van der Waals surface area contributed by atoms with Crippen molar-refractivity contribution in [3.8, 4) is 0 Å². The fourth-order valence-electron chi connectivity index (χ4n) is 2.08. The predicted molar refractivity (Wildman–Crippen MR) is 84.4 cm³/mol. The standard InChI is InChI=1S/C15H22N6O/c1-10-8-18-21(9-10)13(4)11(2)19-12(3)14(22)20-15-16-6-5-7-17-15/h5-9,11-13,19H,1-4H3,(H,16,17,20,22)/t11-,12+,13-/m1/s1. The summed E-state index contributed by atoms with van der Waals surface area (Å²) >= 11 is 0. The molecular formula is C15H22N6O. The third-order valence-corrected chi connectivity index (χ3v) is 3.58. The topological polar surface area (TPSA) is 84.7 Å². The number of aryl methyl sites for hydroxylation is 1. The first-order valence-corrected chi connectivity index (χ1v) is 7.32. The van der Waals surface area contributed by atoms with E-state index in [9.17, 15) is 4.79 Å². The zero-order chi connectivity index (χ0) is 16.1. The Kier molecular flexibility index (Phi) is 5.21. The smallest absolute Gasteiger partial charge is 0.243 e. The summed E-state index contributed by atoms with van der Waals surface area (Å²) in [6.07, 6.45) is 6.99. The number of nitrogens with one attached hydrogen (secondary N) is 2. The van der Waals surface area contributed by atoms with Crippen LogP contribution in [0.3, 0.4) is 0 Å². The first-order valence-electron chi connectivity index (χ1n) is 7.32. The van der Waals surface area contributed by atoms with Gasteiger partial charge in [0.05, 0.1) is 18.3 Å². The van der Waals surface area contributed by atoms with Crippen molar-refractivity contribution in [2.45, 2.75) is 45.8 Å². The van der Waals surface area contributed by atoms with E-state index in [2.05, 4.69) is 32.6 Å². The summed E-state index contributed by atoms with van der Waals surface area (Å²) in [7, 11) is 0. The number of hydrogen-bond donors (Lipinski definition) is 2. The van der Waals surface area contributed by atoms with Crippen molar-refractivity contribution < 1.29 is 4.79 Å². The highest BCUT2D eigenvalue weighted by Gasteiger charge is 2.21. The second-order valence-electron chi connectivity index (χ2n) is 5.48. The molecule has 0 bridgehead atoms. The number of carbonyl (C=O) groups excluding carboxylic acids is 1. The van der Waals surface area contributed by atoms with E-state index in [0.717, 1.165) is 5.56 Å². The van der Waals surface area contributed by atoms with E-state index in [1.165, 1.54) is 0 Å². The molecule has 2 rings (SSSR count). The van der Waals surface area contributed by atoms with Crippen LogP contribution in [0.4, 0.5) is 5.95 Å². The molecule has 118 valence electrons. The quantitative estimate of drug-likeness (QED) is 0.845. The van der Waals surface area contributed by atoms with Crippen molar-refractivity contribution in [2.75, 3.05) is 5.32 Å². The lowest BCUT2D eigenvalue weighted by Crippen LogP contribution is -2.45. The SMILES string of the molecule is Cc1cnn([C@H](C)[C@@H](C)N[C@@H](C)C(=O)Nc2ncccn2)c1. The molecule has 2 N–H and O–H groups in total. The summed E-state index contributed by atoms with van der Waals surface area (Å²) in [5, 5.41) is 10.3. The molecule has 0 spiro atoms. The third-order valence-electron chi connectivity index (χ3n) is 3.58. The fraction of sp³-hybridized carbons (Fsp3) is 0.467. The van der Waals surface area contributed by atoms with Crippen molar-refractivity contribution in [2.24, 2.45) is 0 Å². The van der Waals surface area contributed by atoms with Crippen molar-refractivity contribution in [1.29, 1.82) is 0 Å². The molecule has 1 amide bonds. The van der Waals surface area contributed by atoms with Crippen LogP contribution in [0.25, 0.3) is 0 Å². The minimum atomic E-state index is -0.363. The van der Waals surface area contributed by atoms with Crippen LogP contribution in [-0.4, -0.2) is 37.7 Å². The zero-order valence-electron chi connectivity index (χ0n) is 13.3. The maximum Gasteiger partial charge on any atom is 0.243 e. The maximum atomic E-state index is 12.1. The van der Waals surface area contributed by atoms with Gasteiger partial charge in [0, 0.05) is 24.6 Å². The molecular weight excluding hydrogens is 280 g/mol. The number of rotatable bonds is 6. The molecule has 22 heavy (non-hydrogen) atoms. The fourth-order valence-corrected chi connectivity index (χ4v) is 2.08. The Hall–Kier alpha value is -2.28. The molecule has 7 heteroatoms. The van der Waals surface area contributed by atoms with Gasteiger partial charge in [-0.15, -0.1) is 0 Å². The molecule has 0 unspecified atom stereocenters. The van der Waals surface area contributed by atoms with Crippen molar-refractivity contribution in [1.82, 2.24) is 25.1 Å². The molecule has 7 nitrogen and oxygen atoms in total. The lowest BCUT2D eigenvalue weighted by molar-refractivity contribution is -0.118. The lowest BCUT2D eigenvalue weighted by Gasteiger charge is -2.25. The van der Waals surface area contributed by atoms with Gasteiger partial charge in [0.25, 0.3) is 0 Å². The molecule has 0 saturated heterocycles. The highest BCUT2D eigenvalue weighted by Crippen LogP contribution is 2.11. The predicted octanol–water partition coefficient (Wildman–Crippen LogP) is 1.55. The zero-order valence-corrected chi connectivity index (χ0v) is 13.3. The van der Waals surface area contributed by atoms with Gasteiger partial charge in [0.2, 0.25) is 11.9 Å². The van der Waals surface area contributed by atoms with Crippen LogP contribution in [-0.2, 0) is 4.79 Å². The molecule has 0 aliphatic carbocycles. The normalized spacial score (nSPS) is 15.1. The van der Waals surface area contributed by atoms with Crippen molar-refractivity contribution in [3.05, 3.63) is 36.4 Å². The number of hydrogen-bond acceptors (Lipinski definition) is 5. The van der Waals surface area contributed by atoms with E-state index in [1.54, 1.807) is 18.5 Å². The summed E-state index contributed by atoms with van der Waals surface area (Å²) in [4.78, 5) is 20.1. The number of nitrogens with zero attached hydrogens (tertiary/aromatic N) is 4. The molecule has 0 aliphatic heterocycles. The average Bonchev–Trinajstić information content (AvgIpc) is 2.93. The summed E-state index contributed by atoms with van der Waals surface area (Å²) in [5.41, 5.74) is 1.12. The van der Waals surface area contributed by atoms with Gasteiger partial charge >= 0.3 is 0 Å². The highest BCUT2D eigenvalue weighted by atomic mass is 16.2. The Morgan fingerprint density at radius 2 is 1.91 bits per heavy atom. The van der Waals surface area contributed by atoms with Gasteiger partial charge in [-0.1, -0.05) is 0 Å². The van der Waals surface area contributed by atoms with E-state index in [1.807, 2.05) is 37.8 Å². The number of amides is 1. The molecule has 2 aromatic heterocycles. The van der Waals surface area contributed by atoms with Crippen molar-refractivity contribution >= 4 is 11.9 Å². The van der Waals surface area contributed by atoms with Crippen LogP contribution >= 0.6 is 0 Å². The van der Waals surface area contributed by atoms with E-state index >= 15 is 0 Å². The monoisotopic (exact) mass is 302 g/mol. The Labute approximate surface area is 130 Å². The molecule has 0 aliphatic rings. The number of aromatic nitrogens is 4. The van der Waals surface area contributed by atoms with Gasteiger partial charge in [-0.25, -0.2) is 9.97 Å². The van der Waals surface area contributed by atoms with Crippen LogP contribution in [0.15, 0.2) is 30.9 Å². The maximum absolute atomic E-state index is 12.1. The second-order valence-corrected chi connectivity index (χ2v) is 5.48. The number of carbonyl (C=O) groups is 1. The molecule has 2 aromatic rings. The average molecular weight is 302 g/mol. The first-order chi connectivity index (χ1) is 10.5. The van der Waals surface area contributed by atoms with Crippen LogP contribution in [0.2, 0.25) is 0 Å². The molecule has 0 fully saturated rings. The molecule has 0 radical (unpaired) electrons. The van der Waals surface area contributed by atoms with E-state index in [-0.39, 0.29) is 24.0 Å². The Bertz CT molecular complexity index is 612. The van der Waals surface area contributed by atoms with Crippen LogP contribution in [0.1, 0.15) is 32.4 Å². The van der Waals surface area contributed by atoms with Gasteiger partial charge in [0.1, 0.15) is 0 Å². The van der Waals surface area contributed by atoms with E-state index in [0.29, 0.717) is 5.95 Å². The van der Waals surface area contributed by atoms with Crippen LogP contribution in [0.5, 0.6) is 0 Å². The lowest BCUT2D eigenvalue weighted by atomic mass is 10.1. The second kappa shape index (κ2) is 7.13. The van der Waals surface area contributed by atoms with Gasteiger partial charge in [-0.05, 0) is 39.3 Å². The minimum Gasteiger partial charge on any atom is -0.301 e. The molecule has 0 saturated carbocycles. The minimum absolute atomic E-state index is 0.0803. The van der Waals surface area contributed by atoms with E-state index < -0.39 is 0 Å². The number of anilines is 1. The van der Waals surface area contributed by atoms with E-state index in [4.69, 9.17) is 0 Å². The Morgan fingerprint density at radius 1 is 1.23 bits per heavy atom. The molecule has 2 heterocycles. The van der Waals surface area contributed by atoms with Gasteiger partial charge in [-0.3, -0.25) is 14.8 Å². The Balaban J connectivity index is 1.90. The molecule has 3 atom stereocenters. The van der Waals surface area contributed by atoms with Gasteiger partial charge in [0.15, 0.2) is 0 Å². The summed E-state index contributed by atoms with van der Waals surface area (Å²) in [6.45, 7) is 7.92. The van der Waals surface area contributed by atoms with Crippen molar-refractivity contribution in [3.63, 3.8) is 0 Å².